The molecule has 0 aliphatic carbocycles. The van der Waals surface area contributed by atoms with Gasteiger partial charge < -0.3 is 52.3 Å². The van der Waals surface area contributed by atoms with E-state index in [1.165, 1.54) is 37.5 Å². The zero-order valence-corrected chi connectivity index (χ0v) is 29.0. The fourth-order valence-corrected chi connectivity index (χ4v) is 5.70. The first-order valence-electron chi connectivity index (χ1n) is 16.6. The number of carboxylic acids is 1. The SMILES string of the molecule is CC(C)C[C@H](NC(=O)[C@H](C)N)C(=O)N1CCC[C@H]1C(=O)N[C@@H](C)C(=O)N1CCC[C@H]1C(=O)NCC(=O)N[C@H](C(=O)N[C@@H](C)C(=O)O)[C@@H](C)O. The second-order valence-electron chi connectivity index (χ2n) is 13.2. The van der Waals surface area contributed by atoms with E-state index in [0.29, 0.717) is 38.6 Å². The van der Waals surface area contributed by atoms with E-state index in [2.05, 4.69) is 26.6 Å². The third-order valence-corrected chi connectivity index (χ3v) is 8.38. The number of nitrogens with zero attached hydrogens (tertiary/aromatic N) is 2. The number of likely N-dealkylation sites (tertiary alicyclic amines) is 2. The number of rotatable bonds is 16. The van der Waals surface area contributed by atoms with Gasteiger partial charge in [0, 0.05) is 13.1 Å². The Balaban J connectivity index is 1.99. The minimum absolute atomic E-state index is 0.0665. The van der Waals surface area contributed by atoms with Crippen molar-refractivity contribution in [2.75, 3.05) is 19.6 Å². The van der Waals surface area contributed by atoms with Gasteiger partial charge in [-0.1, -0.05) is 13.8 Å². The highest BCUT2D eigenvalue weighted by molar-refractivity contribution is 5.97. The number of hydrogen-bond acceptors (Lipinski definition) is 10. The van der Waals surface area contributed by atoms with Crippen LogP contribution in [0.5, 0.6) is 0 Å². The summed E-state index contributed by atoms with van der Waals surface area (Å²) in [4.78, 5) is 104. The molecule has 0 aromatic carbocycles. The van der Waals surface area contributed by atoms with Crippen LogP contribution in [0.2, 0.25) is 0 Å². The summed E-state index contributed by atoms with van der Waals surface area (Å²) in [7, 11) is 0. The number of nitrogens with two attached hydrogens (primary N) is 1. The molecule has 2 heterocycles. The van der Waals surface area contributed by atoms with Crippen molar-refractivity contribution in [1.29, 1.82) is 0 Å². The van der Waals surface area contributed by atoms with Crippen molar-refractivity contribution in [2.45, 2.75) is 122 Å². The van der Waals surface area contributed by atoms with Gasteiger partial charge in [-0.2, -0.15) is 0 Å². The molecule has 0 aromatic rings. The molecule has 0 saturated carbocycles. The molecule has 0 aromatic heterocycles. The minimum Gasteiger partial charge on any atom is -0.480 e. The highest BCUT2D eigenvalue weighted by Crippen LogP contribution is 2.22. The summed E-state index contributed by atoms with van der Waals surface area (Å²) in [5.41, 5.74) is 5.68. The van der Waals surface area contributed by atoms with Crippen LogP contribution in [-0.4, -0.2) is 135 Å². The van der Waals surface area contributed by atoms with Crippen LogP contribution in [0.3, 0.4) is 0 Å². The van der Waals surface area contributed by atoms with Crippen molar-refractivity contribution in [3.63, 3.8) is 0 Å². The lowest BCUT2D eigenvalue weighted by Crippen LogP contribution is -2.58. The first kappa shape index (κ1) is 40.9. The Morgan fingerprint density at radius 2 is 1.29 bits per heavy atom. The van der Waals surface area contributed by atoms with Crippen molar-refractivity contribution in [2.24, 2.45) is 11.7 Å². The minimum atomic E-state index is -1.49. The molecule has 0 radical (unpaired) electrons. The van der Waals surface area contributed by atoms with Gasteiger partial charge in [0.25, 0.3) is 0 Å². The first-order valence-corrected chi connectivity index (χ1v) is 16.6. The Labute approximate surface area is 285 Å². The second kappa shape index (κ2) is 18.4. The monoisotopic (exact) mass is 696 g/mol. The molecule has 2 aliphatic heterocycles. The van der Waals surface area contributed by atoms with Gasteiger partial charge in [-0.25, -0.2) is 0 Å². The fourth-order valence-electron chi connectivity index (χ4n) is 5.70. The van der Waals surface area contributed by atoms with Crippen LogP contribution in [-0.2, 0) is 38.4 Å². The zero-order valence-electron chi connectivity index (χ0n) is 29.0. The van der Waals surface area contributed by atoms with Crippen LogP contribution in [0.25, 0.3) is 0 Å². The molecule has 0 unspecified atom stereocenters. The highest BCUT2D eigenvalue weighted by Gasteiger charge is 2.41. The van der Waals surface area contributed by atoms with Crippen LogP contribution in [0, 0.1) is 5.92 Å². The molecule has 2 fully saturated rings. The third-order valence-electron chi connectivity index (χ3n) is 8.38. The van der Waals surface area contributed by atoms with E-state index < -0.39 is 102 Å². The summed E-state index contributed by atoms with van der Waals surface area (Å²) >= 11 is 0. The van der Waals surface area contributed by atoms with Crippen LogP contribution in [0.15, 0.2) is 0 Å². The maximum Gasteiger partial charge on any atom is 0.325 e. The quantitative estimate of drug-likeness (QED) is 0.0802. The molecule has 9 N–H and O–H groups in total. The summed E-state index contributed by atoms with van der Waals surface area (Å²) in [5.74, 6) is -5.62. The number of carbonyl (C=O) groups excluding carboxylic acids is 7. The predicted molar refractivity (Wildman–Crippen MR) is 174 cm³/mol. The summed E-state index contributed by atoms with van der Waals surface area (Å²) in [6.07, 6.45) is 0.657. The number of hydrogen-bond donors (Lipinski definition) is 8. The normalized spacial score (nSPS) is 21.1. The number of carbonyl (C=O) groups is 8. The van der Waals surface area contributed by atoms with E-state index >= 15 is 0 Å². The Morgan fingerprint density at radius 1 is 0.735 bits per heavy atom. The largest absolute Gasteiger partial charge is 0.480 e. The average molecular weight is 697 g/mol. The Kier molecular flexibility index (Phi) is 15.4. The highest BCUT2D eigenvalue weighted by atomic mass is 16.4. The van der Waals surface area contributed by atoms with Crippen LogP contribution in [0.4, 0.5) is 0 Å². The molecule has 0 spiro atoms. The van der Waals surface area contributed by atoms with E-state index in [1.807, 2.05) is 13.8 Å². The lowest BCUT2D eigenvalue weighted by Gasteiger charge is -2.31. The Morgan fingerprint density at radius 3 is 1.80 bits per heavy atom. The van der Waals surface area contributed by atoms with Gasteiger partial charge in [0.05, 0.1) is 18.7 Å². The molecule has 2 aliphatic rings. The van der Waals surface area contributed by atoms with Crippen LogP contribution in [0.1, 0.15) is 73.6 Å². The Hall–Kier alpha value is -4.32. The van der Waals surface area contributed by atoms with Crippen LogP contribution < -0.4 is 32.3 Å². The molecule has 49 heavy (non-hydrogen) atoms. The predicted octanol–water partition coefficient (Wildman–Crippen LogP) is -3.08. The standard InChI is InChI=1S/C31H52N8O10/c1-15(2)13-20(36-25(42)16(3)32)30(47)39-12-8-10-22(39)27(44)34-17(4)29(46)38-11-7-9-21(38)26(43)33-14-23(41)37-24(19(6)40)28(45)35-18(5)31(48)49/h15-22,24,40H,7-14,32H2,1-6H3,(H,33,43)(H,34,44)(H,35,45)(H,36,42)(H,37,41)(H,48,49)/t16-,17-,18-,19+,20-,21-,22-,24-/m0/s1. The molecule has 18 nitrogen and oxygen atoms in total. The number of nitrogens with one attached hydrogen (secondary N) is 5. The topological polar surface area (TPSA) is 270 Å². The smallest absolute Gasteiger partial charge is 0.325 e. The first-order chi connectivity index (χ1) is 22.8. The van der Waals surface area contributed by atoms with Gasteiger partial charge in [0.1, 0.15) is 36.3 Å². The van der Waals surface area contributed by atoms with E-state index in [4.69, 9.17) is 10.8 Å². The van der Waals surface area contributed by atoms with Gasteiger partial charge in [-0.3, -0.25) is 38.4 Å². The van der Waals surface area contributed by atoms with Gasteiger partial charge >= 0.3 is 5.97 Å². The number of aliphatic carboxylic acids is 1. The van der Waals surface area contributed by atoms with Gasteiger partial charge in [0.15, 0.2) is 0 Å². The van der Waals surface area contributed by atoms with Crippen molar-refractivity contribution in [1.82, 2.24) is 36.4 Å². The maximum absolute atomic E-state index is 13.5. The average Bonchev–Trinajstić information content (AvgIpc) is 3.71. The lowest BCUT2D eigenvalue weighted by atomic mass is 10.0. The summed E-state index contributed by atoms with van der Waals surface area (Å²) < 4.78 is 0. The molecule has 2 rings (SSSR count). The molecule has 276 valence electrons. The fraction of sp³-hybridized carbons (Fsp3) is 0.742. The zero-order chi connectivity index (χ0) is 37.2. The van der Waals surface area contributed by atoms with Crippen molar-refractivity contribution in [3.8, 4) is 0 Å². The molecular formula is C31H52N8O10. The second-order valence-corrected chi connectivity index (χ2v) is 13.2. The van der Waals surface area contributed by atoms with Gasteiger partial charge in [-0.05, 0) is 65.7 Å². The van der Waals surface area contributed by atoms with E-state index in [9.17, 15) is 43.5 Å². The molecule has 8 atom stereocenters. The van der Waals surface area contributed by atoms with E-state index in [1.54, 1.807) is 0 Å². The number of aliphatic hydroxyl groups is 1. The summed E-state index contributed by atoms with van der Waals surface area (Å²) in [6.45, 7) is 9.15. The van der Waals surface area contributed by atoms with Crippen LogP contribution >= 0.6 is 0 Å². The van der Waals surface area contributed by atoms with Crippen molar-refractivity contribution >= 4 is 47.3 Å². The molecule has 2 saturated heterocycles. The summed E-state index contributed by atoms with van der Waals surface area (Å²) in [5, 5.41) is 31.1. The maximum atomic E-state index is 13.5. The van der Waals surface area contributed by atoms with E-state index in [-0.39, 0.29) is 12.5 Å². The lowest BCUT2D eigenvalue weighted by molar-refractivity contribution is -0.144. The molecule has 18 heteroatoms. The molecule has 7 amide bonds. The van der Waals surface area contributed by atoms with E-state index in [0.717, 1.165) is 0 Å². The van der Waals surface area contributed by atoms with Gasteiger partial charge in [-0.15, -0.1) is 0 Å². The van der Waals surface area contributed by atoms with Crippen molar-refractivity contribution < 1.29 is 48.6 Å². The number of amides is 7. The van der Waals surface area contributed by atoms with Crippen molar-refractivity contribution in [3.05, 3.63) is 0 Å². The summed E-state index contributed by atoms with van der Waals surface area (Å²) in [6, 6.07) is -7.30. The number of carboxylic acid groups (broad SMARTS) is 1. The number of aliphatic hydroxyl groups excluding tert-OH is 1. The van der Waals surface area contributed by atoms with Gasteiger partial charge in [0.2, 0.25) is 41.4 Å². The molecule has 0 bridgehead atoms. The molecular weight excluding hydrogens is 644 g/mol. The Bertz CT molecular complexity index is 1260. The third kappa shape index (κ3) is 11.7.